The summed E-state index contributed by atoms with van der Waals surface area (Å²) in [5, 5.41) is 1.17. The van der Waals surface area contributed by atoms with E-state index in [0.29, 0.717) is 47.2 Å². The van der Waals surface area contributed by atoms with E-state index in [1.807, 2.05) is 43.3 Å². The van der Waals surface area contributed by atoms with Crippen LogP contribution in [0.2, 0.25) is 10.0 Å². The minimum absolute atomic E-state index is 0.263. The van der Waals surface area contributed by atoms with Gasteiger partial charge in [0.05, 0.1) is 29.9 Å². The third-order valence-corrected chi connectivity index (χ3v) is 6.19. The molecule has 0 aromatic heterocycles. The standard InChI is InChI=1S/C24H31Cl3O3/c1-16(12-25)14-29-22-8-6-18(10-20(22)26)24(3,4)19-7-9-23(21(27)11-19)30-15-17(2)13-28-5/h6-11,16-17H,12-15H2,1-5H3. The predicted octanol–water partition coefficient (Wildman–Crippen LogP) is 7.23. The number of alkyl halides is 1. The Balaban J connectivity index is 2.16. The molecule has 0 spiro atoms. The number of halogens is 3. The van der Waals surface area contributed by atoms with Crippen LogP contribution in [0.3, 0.4) is 0 Å². The Morgan fingerprint density at radius 1 is 0.800 bits per heavy atom. The zero-order valence-corrected chi connectivity index (χ0v) is 20.6. The molecule has 0 aliphatic heterocycles. The van der Waals surface area contributed by atoms with Crippen LogP contribution in [0.5, 0.6) is 11.5 Å². The molecule has 0 amide bonds. The fraction of sp³-hybridized carbons (Fsp3) is 0.500. The van der Waals surface area contributed by atoms with Crippen LogP contribution < -0.4 is 9.47 Å². The number of methoxy groups -OCH3 is 1. The zero-order valence-electron chi connectivity index (χ0n) is 18.3. The van der Waals surface area contributed by atoms with E-state index in [2.05, 4.69) is 20.8 Å². The molecule has 0 N–H and O–H groups in total. The van der Waals surface area contributed by atoms with Gasteiger partial charge in [-0.2, -0.15) is 0 Å². The van der Waals surface area contributed by atoms with E-state index in [1.54, 1.807) is 7.11 Å². The van der Waals surface area contributed by atoms with Crippen molar-refractivity contribution in [1.29, 1.82) is 0 Å². The van der Waals surface area contributed by atoms with Crippen molar-refractivity contribution in [3.05, 3.63) is 57.6 Å². The van der Waals surface area contributed by atoms with Gasteiger partial charge in [0.2, 0.25) is 0 Å². The van der Waals surface area contributed by atoms with Crippen LogP contribution in [0.1, 0.15) is 38.8 Å². The molecule has 2 rings (SSSR count). The maximum atomic E-state index is 6.51. The fourth-order valence-corrected chi connectivity index (χ4v) is 3.58. The second-order valence-electron chi connectivity index (χ2n) is 8.36. The molecular formula is C24H31Cl3O3. The van der Waals surface area contributed by atoms with E-state index in [0.717, 1.165) is 11.1 Å². The van der Waals surface area contributed by atoms with E-state index in [4.69, 9.17) is 49.0 Å². The van der Waals surface area contributed by atoms with Gasteiger partial charge in [-0.15, -0.1) is 11.6 Å². The lowest BCUT2D eigenvalue weighted by Gasteiger charge is -2.27. The molecular weight excluding hydrogens is 443 g/mol. The van der Waals surface area contributed by atoms with Gasteiger partial charge in [-0.05, 0) is 35.4 Å². The van der Waals surface area contributed by atoms with Crippen LogP contribution in [0.25, 0.3) is 0 Å². The predicted molar refractivity (Wildman–Crippen MR) is 127 cm³/mol. The van der Waals surface area contributed by atoms with Crippen LogP contribution in [0.15, 0.2) is 36.4 Å². The van der Waals surface area contributed by atoms with Gasteiger partial charge in [0, 0.05) is 30.2 Å². The van der Waals surface area contributed by atoms with Crippen molar-refractivity contribution in [2.24, 2.45) is 11.8 Å². The van der Waals surface area contributed by atoms with Gasteiger partial charge in [0.25, 0.3) is 0 Å². The lowest BCUT2D eigenvalue weighted by Crippen LogP contribution is -2.19. The number of hydrogen-bond donors (Lipinski definition) is 0. The van der Waals surface area contributed by atoms with E-state index in [1.165, 1.54) is 0 Å². The lowest BCUT2D eigenvalue weighted by molar-refractivity contribution is 0.127. The van der Waals surface area contributed by atoms with E-state index in [-0.39, 0.29) is 17.3 Å². The molecule has 0 bridgehead atoms. The summed E-state index contributed by atoms with van der Waals surface area (Å²) in [5.41, 5.74) is 1.85. The molecule has 2 aromatic rings. The van der Waals surface area contributed by atoms with Gasteiger partial charge in [-0.3, -0.25) is 0 Å². The second kappa shape index (κ2) is 11.5. The highest BCUT2D eigenvalue weighted by Crippen LogP contribution is 2.38. The second-order valence-corrected chi connectivity index (χ2v) is 9.48. The third kappa shape index (κ3) is 6.68. The molecule has 3 nitrogen and oxygen atoms in total. The first-order valence-electron chi connectivity index (χ1n) is 10.1. The summed E-state index contributed by atoms with van der Waals surface area (Å²) >= 11 is 18.8. The maximum absolute atomic E-state index is 6.51. The first-order valence-corrected chi connectivity index (χ1v) is 11.4. The topological polar surface area (TPSA) is 27.7 Å². The highest BCUT2D eigenvalue weighted by molar-refractivity contribution is 6.32. The summed E-state index contributed by atoms with van der Waals surface area (Å²) in [6.45, 7) is 10.1. The molecule has 0 aliphatic rings. The number of rotatable bonds is 11. The third-order valence-electron chi connectivity index (χ3n) is 5.07. The van der Waals surface area contributed by atoms with Crippen molar-refractivity contribution in [1.82, 2.24) is 0 Å². The number of hydrogen-bond acceptors (Lipinski definition) is 3. The van der Waals surface area contributed by atoms with E-state index in [9.17, 15) is 0 Å². The average Bonchev–Trinajstić information content (AvgIpc) is 2.71. The molecule has 2 unspecified atom stereocenters. The molecule has 166 valence electrons. The number of benzene rings is 2. The van der Waals surface area contributed by atoms with E-state index >= 15 is 0 Å². The molecule has 30 heavy (non-hydrogen) atoms. The van der Waals surface area contributed by atoms with Gasteiger partial charge in [-0.25, -0.2) is 0 Å². The summed E-state index contributed by atoms with van der Waals surface area (Å²) in [7, 11) is 1.69. The zero-order chi connectivity index (χ0) is 22.3. The van der Waals surface area contributed by atoms with Crippen molar-refractivity contribution < 1.29 is 14.2 Å². The smallest absolute Gasteiger partial charge is 0.137 e. The van der Waals surface area contributed by atoms with Crippen molar-refractivity contribution in [3.63, 3.8) is 0 Å². The van der Waals surface area contributed by atoms with Crippen LogP contribution in [0, 0.1) is 11.8 Å². The molecule has 0 aliphatic carbocycles. The quantitative estimate of drug-likeness (QED) is 0.322. The van der Waals surface area contributed by atoms with Gasteiger partial charge in [-0.1, -0.05) is 63.0 Å². The Hall–Kier alpha value is -1.13. The highest BCUT2D eigenvalue weighted by Gasteiger charge is 2.25. The maximum Gasteiger partial charge on any atom is 0.137 e. The minimum atomic E-state index is -0.295. The summed E-state index contributed by atoms with van der Waals surface area (Å²) in [6.07, 6.45) is 0. The molecule has 6 heteroatoms. The van der Waals surface area contributed by atoms with Gasteiger partial charge in [0.1, 0.15) is 11.5 Å². The van der Waals surface area contributed by atoms with Crippen molar-refractivity contribution in [3.8, 4) is 11.5 Å². The molecule has 0 heterocycles. The highest BCUT2D eigenvalue weighted by atomic mass is 35.5. The SMILES string of the molecule is COCC(C)COc1ccc(C(C)(C)c2ccc(OCC(C)CCl)c(Cl)c2)cc1Cl. The summed E-state index contributed by atoms with van der Waals surface area (Å²) in [6, 6.07) is 11.8. The Morgan fingerprint density at radius 2 is 1.27 bits per heavy atom. The van der Waals surface area contributed by atoms with Crippen molar-refractivity contribution in [2.45, 2.75) is 33.1 Å². The van der Waals surface area contributed by atoms with Gasteiger partial charge >= 0.3 is 0 Å². The molecule has 0 fully saturated rings. The first kappa shape index (κ1) is 25.1. The van der Waals surface area contributed by atoms with Crippen LogP contribution in [-0.2, 0) is 10.2 Å². The largest absolute Gasteiger partial charge is 0.492 e. The Labute approximate surface area is 195 Å². The minimum Gasteiger partial charge on any atom is -0.492 e. The molecule has 2 atom stereocenters. The first-order chi connectivity index (χ1) is 14.2. The fourth-order valence-electron chi connectivity index (χ4n) is 3.02. The lowest BCUT2D eigenvalue weighted by atomic mass is 9.78. The van der Waals surface area contributed by atoms with Gasteiger partial charge in [0.15, 0.2) is 0 Å². The molecule has 0 saturated carbocycles. The summed E-state index contributed by atoms with van der Waals surface area (Å²) in [5.74, 6) is 2.44. The Bertz CT molecular complexity index is 823. The number of ether oxygens (including phenoxy) is 3. The van der Waals surface area contributed by atoms with Gasteiger partial charge < -0.3 is 14.2 Å². The summed E-state index contributed by atoms with van der Waals surface area (Å²) in [4.78, 5) is 0. The van der Waals surface area contributed by atoms with Crippen LogP contribution >= 0.6 is 34.8 Å². The molecule has 0 radical (unpaired) electrons. The normalized spacial score (nSPS) is 13.7. The van der Waals surface area contributed by atoms with Crippen LogP contribution in [0.4, 0.5) is 0 Å². The average molecular weight is 474 g/mol. The summed E-state index contributed by atoms with van der Waals surface area (Å²) < 4.78 is 16.8. The van der Waals surface area contributed by atoms with Crippen molar-refractivity contribution >= 4 is 34.8 Å². The Kier molecular flexibility index (Phi) is 9.62. The Morgan fingerprint density at radius 3 is 1.67 bits per heavy atom. The molecule has 2 aromatic carbocycles. The molecule has 0 saturated heterocycles. The van der Waals surface area contributed by atoms with Crippen LogP contribution in [-0.4, -0.2) is 32.8 Å². The van der Waals surface area contributed by atoms with E-state index < -0.39 is 0 Å². The monoisotopic (exact) mass is 472 g/mol. The van der Waals surface area contributed by atoms with Crippen molar-refractivity contribution in [2.75, 3.05) is 32.8 Å².